The van der Waals surface area contributed by atoms with E-state index in [1.54, 1.807) is 6.33 Å². The van der Waals surface area contributed by atoms with Gasteiger partial charge in [-0.05, 0) is 25.0 Å². The second-order valence-electron chi connectivity index (χ2n) is 5.87. The molecular weight excluding hydrogens is 455 g/mol. The third kappa shape index (κ3) is 8.25. The summed E-state index contributed by atoms with van der Waals surface area (Å²) in [5.41, 5.74) is 2.36. The summed E-state index contributed by atoms with van der Waals surface area (Å²) < 4.78 is 7.49. The standard InChI is InChI=1S/C19H30N6O.HI/c1-4-18-24-23-15-25(18)12-11-21-19(20-5-2)22-13-16-7-9-17(10-8-16)14-26-6-3;/h7-10,15H,4-6,11-14H2,1-3H3,(H2,20,21,22);1H. The van der Waals surface area contributed by atoms with Crippen LogP contribution in [0.5, 0.6) is 0 Å². The van der Waals surface area contributed by atoms with Crippen LogP contribution in [-0.4, -0.2) is 40.4 Å². The fourth-order valence-electron chi connectivity index (χ4n) is 2.51. The maximum Gasteiger partial charge on any atom is 0.191 e. The molecule has 1 aromatic heterocycles. The van der Waals surface area contributed by atoms with Crippen molar-refractivity contribution in [3.63, 3.8) is 0 Å². The van der Waals surface area contributed by atoms with E-state index in [-0.39, 0.29) is 24.0 Å². The number of halogens is 1. The normalized spacial score (nSPS) is 11.1. The monoisotopic (exact) mass is 486 g/mol. The Bertz CT molecular complexity index is 671. The third-order valence-electron chi connectivity index (χ3n) is 3.92. The molecule has 0 amide bonds. The van der Waals surface area contributed by atoms with Gasteiger partial charge in [-0.1, -0.05) is 31.2 Å². The predicted molar refractivity (Wildman–Crippen MR) is 119 cm³/mol. The van der Waals surface area contributed by atoms with Crippen LogP contribution < -0.4 is 10.6 Å². The minimum Gasteiger partial charge on any atom is -0.377 e. The van der Waals surface area contributed by atoms with E-state index in [2.05, 4.69) is 68.5 Å². The first-order chi connectivity index (χ1) is 12.8. The van der Waals surface area contributed by atoms with Gasteiger partial charge in [-0.3, -0.25) is 0 Å². The number of nitrogens with zero attached hydrogens (tertiary/aromatic N) is 4. The Hall–Kier alpha value is -1.68. The summed E-state index contributed by atoms with van der Waals surface area (Å²) in [6.45, 7) is 10.6. The maximum absolute atomic E-state index is 5.42. The zero-order valence-electron chi connectivity index (χ0n) is 16.4. The van der Waals surface area contributed by atoms with E-state index >= 15 is 0 Å². The van der Waals surface area contributed by atoms with Crippen LogP contribution in [0.1, 0.15) is 37.7 Å². The zero-order chi connectivity index (χ0) is 18.6. The summed E-state index contributed by atoms with van der Waals surface area (Å²) in [4.78, 5) is 4.66. The molecule has 1 heterocycles. The number of rotatable bonds is 10. The molecule has 2 aromatic rings. The van der Waals surface area contributed by atoms with E-state index in [9.17, 15) is 0 Å². The molecule has 0 bridgehead atoms. The van der Waals surface area contributed by atoms with Crippen molar-refractivity contribution in [2.75, 3.05) is 19.7 Å². The first-order valence-corrected chi connectivity index (χ1v) is 9.31. The van der Waals surface area contributed by atoms with E-state index in [1.807, 2.05) is 6.92 Å². The molecule has 150 valence electrons. The van der Waals surface area contributed by atoms with Crippen molar-refractivity contribution in [2.24, 2.45) is 4.99 Å². The number of ether oxygens (including phenoxy) is 1. The van der Waals surface area contributed by atoms with Crippen molar-refractivity contribution in [1.82, 2.24) is 25.4 Å². The molecule has 1 aromatic carbocycles. The lowest BCUT2D eigenvalue weighted by Crippen LogP contribution is -2.38. The van der Waals surface area contributed by atoms with Crippen molar-refractivity contribution in [2.45, 2.75) is 46.9 Å². The molecule has 0 radical (unpaired) electrons. The molecule has 0 unspecified atom stereocenters. The minimum absolute atomic E-state index is 0. The summed E-state index contributed by atoms with van der Waals surface area (Å²) in [7, 11) is 0. The Morgan fingerprint density at radius 3 is 2.52 bits per heavy atom. The van der Waals surface area contributed by atoms with Crippen molar-refractivity contribution in [3.05, 3.63) is 47.5 Å². The molecule has 2 N–H and O–H groups in total. The number of benzene rings is 1. The SMILES string of the molecule is CCNC(=NCc1ccc(COCC)cc1)NCCn1cnnc1CC.I. The van der Waals surface area contributed by atoms with Crippen LogP contribution >= 0.6 is 24.0 Å². The molecule has 0 aliphatic heterocycles. The molecular formula is C19H31IN6O. The molecule has 2 rings (SSSR count). The van der Waals surface area contributed by atoms with Gasteiger partial charge in [0.1, 0.15) is 12.2 Å². The molecule has 0 fully saturated rings. The molecule has 8 heteroatoms. The fourth-order valence-corrected chi connectivity index (χ4v) is 2.51. The first kappa shape index (κ1) is 23.4. The summed E-state index contributed by atoms with van der Waals surface area (Å²) in [5, 5.41) is 14.7. The predicted octanol–water partition coefficient (Wildman–Crippen LogP) is 2.75. The van der Waals surface area contributed by atoms with E-state index in [4.69, 9.17) is 4.74 Å². The Morgan fingerprint density at radius 2 is 1.85 bits per heavy atom. The Balaban J connectivity index is 0.00000364. The molecule has 0 aliphatic rings. The molecule has 0 saturated heterocycles. The fraction of sp³-hybridized carbons (Fsp3) is 0.526. The van der Waals surface area contributed by atoms with Crippen molar-refractivity contribution < 1.29 is 4.74 Å². The second-order valence-corrected chi connectivity index (χ2v) is 5.87. The number of hydrogen-bond donors (Lipinski definition) is 2. The summed E-state index contributed by atoms with van der Waals surface area (Å²) in [5.74, 6) is 1.82. The van der Waals surface area contributed by atoms with Crippen molar-refractivity contribution in [3.8, 4) is 0 Å². The molecule has 0 aliphatic carbocycles. The molecule has 0 atom stereocenters. The highest BCUT2D eigenvalue weighted by Crippen LogP contribution is 2.07. The van der Waals surface area contributed by atoms with E-state index in [0.29, 0.717) is 13.2 Å². The summed E-state index contributed by atoms with van der Waals surface area (Å²) in [6, 6.07) is 8.40. The van der Waals surface area contributed by atoms with Gasteiger partial charge in [0, 0.05) is 32.7 Å². The number of guanidine groups is 1. The van der Waals surface area contributed by atoms with Gasteiger partial charge < -0.3 is 19.9 Å². The molecule has 7 nitrogen and oxygen atoms in total. The van der Waals surface area contributed by atoms with Gasteiger partial charge in [0.2, 0.25) is 0 Å². The highest BCUT2D eigenvalue weighted by molar-refractivity contribution is 14.0. The quantitative estimate of drug-likeness (QED) is 0.307. The second kappa shape index (κ2) is 13.5. The molecule has 0 saturated carbocycles. The largest absolute Gasteiger partial charge is 0.377 e. The average molecular weight is 486 g/mol. The van der Waals surface area contributed by atoms with Gasteiger partial charge in [-0.2, -0.15) is 0 Å². The van der Waals surface area contributed by atoms with Crippen LogP contribution in [0, 0.1) is 0 Å². The minimum atomic E-state index is 0. The Kier molecular flexibility index (Phi) is 11.7. The van der Waals surface area contributed by atoms with Gasteiger partial charge >= 0.3 is 0 Å². The van der Waals surface area contributed by atoms with E-state index < -0.39 is 0 Å². The average Bonchev–Trinajstić information content (AvgIpc) is 3.12. The lowest BCUT2D eigenvalue weighted by Gasteiger charge is -2.12. The van der Waals surface area contributed by atoms with Crippen LogP contribution in [0.4, 0.5) is 0 Å². The summed E-state index contributed by atoms with van der Waals surface area (Å²) in [6.07, 6.45) is 2.65. The van der Waals surface area contributed by atoms with Crippen LogP contribution in [0.25, 0.3) is 0 Å². The molecule has 0 spiro atoms. The van der Waals surface area contributed by atoms with E-state index in [1.165, 1.54) is 11.1 Å². The van der Waals surface area contributed by atoms with Gasteiger partial charge in [0.15, 0.2) is 5.96 Å². The van der Waals surface area contributed by atoms with E-state index in [0.717, 1.165) is 44.4 Å². The topological polar surface area (TPSA) is 76.4 Å². The van der Waals surface area contributed by atoms with Gasteiger partial charge in [-0.15, -0.1) is 34.2 Å². The van der Waals surface area contributed by atoms with Crippen LogP contribution in [-0.2, 0) is 30.9 Å². The van der Waals surface area contributed by atoms with Crippen molar-refractivity contribution in [1.29, 1.82) is 0 Å². The van der Waals surface area contributed by atoms with Gasteiger partial charge in [-0.25, -0.2) is 4.99 Å². The maximum atomic E-state index is 5.42. The first-order valence-electron chi connectivity index (χ1n) is 9.31. The number of aromatic nitrogens is 3. The van der Waals surface area contributed by atoms with Gasteiger partial charge in [0.05, 0.1) is 13.2 Å². The van der Waals surface area contributed by atoms with Crippen LogP contribution in [0.15, 0.2) is 35.6 Å². The smallest absolute Gasteiger partial charge is 0.191 e. The van der Waals surface area contributed by atoms with Crippen LogP contribution in [0.2, 0.25) is 0 Å². The van der Waals surface area contributed by atoms with Gasteiger partial charge in [0.25, 0.3) is 0 Å². The zero-order valence-corrected chi connectivity index (χ0v) is 18.8. The Morgan fingerprint density at radius 1 is 1.11 bits per heavy atom. The number of aliphatic imine (C=N–C) groups is 1. The summed E-state index contributed by atoms with van der Waals surface area (Å²) >= 11 is 0. The number of hydrogen-bond acceptors (Lipinski definition) is 4. The number of aryl methyl sites for hydroxylation is 1. The third-order valence-corrected chi connectivity index (χ3v) is 3.92. The Labute approximate surface area is 179 Å². The highest BCUT2D eigenvalue weighted by Gasteiger charge is 2.02. The number of nitrogens with one attached hydrogen (secondary N) is 2. The molecule has 27 heavy (non-hydrogen) atoms. The van der Waals surface area contributed by atoms with Crippen LogP contribution in [0.3, 0.4) is 0 Å². The lowest BCUT2D eigenvalue weighted by molar-refractivity contribution is 0.134. The van der Waals surface area contributed by atoms with Crippen molar-refractivity contribution >= 4 is 29.9 Å². The highest BCUT2D eigenvalue weighted by atomic mass is 127. The lowest BCUT2D eigenvalue weighted by atomic mass is 10.1.